The molecule has 0 saturated heterocycles. The van der Waals surface area contributed by atoms with Crippen LogP contribution in [0.15, 0.2) is 24.3 Å². The fraction of sp³-hybridized carbons (Fsp3) is 0.500. The van der Waals surface area contributed by atoms with Gasteiger partial charge < -0.3 is 14.9 Å². The molecule has 0 fully saturated rings. The van der Waals surface area contributed by atoms with Gasteiger partial charge in [-0.2, -0.15) is 0 Å². The first-order chi connectivity index (χ1) is 8.15. The van der Waals surface area contributed by atoms with Gasteiger partial charge in [0.1, 0.15) is 11.2 Å². The summed E-state index contributed by atoms with van der Waals surface area (Å²) >= 11 is 0. The number of rotatable bonds is 3. The molecular formula is C14H20O4. The highest BCUT2D eigenvalue weighted by molar-refractivity contribution is 5.89. The number of esters is 1. The van der Waals surface area contributed by atoms with E-state index < -0.39 is 23.8 Å². The van der Waals surface area contributed by atoms with Crippen LogP contribution in [-0.4, -0.2) is 28.4 Å². The molecule has 2 N–H and O–H groups in total. The number of carbonyl (C=O) groups is 1. The Bertz CT molecular complexity index is 430. The van der Waals surface area contributed by atoms with Crippen LogP contribution in [0.1, 0.15) is 43.6 Å². The maximum Gasteiger partial charge on any atom is 0.338 e. The van der Waals surface area contributed by atoms with E-state index in [1.807, 2.05) is 0 Å². The zero-order valence-electron chi connectivity index (χ0n) is 11.2. The second kappa shape index (κ2) is 5.08. The minimum Gasteiger partial charge on any atom is -0.456 e. The van der Waals surface area contributed by atoms with E-state index in [1.165, 1.54) is 13.0 Å². The molecule has 1 unspecified atom stereocenters. The van der Waals surface area contributed by atoms with Gasteiger partial charge >= 0.3 is 5.97 Å². The van der Waals surface area contributed by atoms with Crippen LogP contribution in [0.2, 0.25) is 0 Å². The minimum atomic E-state index is -1.36. The average Bonchev–Trinajstić information content (AvgIpc) is 2.27. The summed E-state index contributed by atoms with van der Waals surface area (Å²) in [5.74, 6) is -0.446. The van der Waals surface area contributed by atoms with Gasteiger partial charge in [-0.15, -0.1) is 0 Å². The average molecular weight is 252 g/mol. The Morgan fingerprint density at radius 2 is 1.89 bits per heavy atom. The second-order valence-electron chi connectivity index (χ2n) is 5.51. The molecule has 0 aliphatic carbocycles. The van der Waals surface area contributed by atoms with E-state index in [9.17, 15) is 9.90 Å². The van der Waals surface area contributed by atoms with Crippen LogP contribution >= 0.6 is 0 Å². The summed E-state index contributed by atoms with van der Waals surface area (Å²) in [4.78, 5) is 11.9. The molecule has 0 aliphatic rings. The molecule has 100 valence electrons. The first-order valence-corrected chi connectivity index (χ1v) is 5.83. The Labute approximate surface area is 107 Å². The van der Waals surface area contributed by atoms with Gasteiger partial charge in [-0.1, -0.05) is 12.1 Å². The summed E-state index contributed by atoms with van der Waals surface area (Å²) < 4.78 is 5.24. The van der Waals surface area contributed by atoms with E-state index in [4.69, 9.17) is 9.84 Å². The van der Waals surface area contributed by atoms with Crippen LogP contribution in [0.3, 0.4) is 0 Å². The van der Waals surface area contributed by atoms with Crippen LogP contribution in [0.4, 0.5) is 0 Å². The number of ether oxygens (including phenoxy) is 1. The van der Waals surface area contributed by atoms with E-state index in [0.717, 1.165) is 0 Å². The molecule has 1 aromatic carbocycles. The van der Waals surface area contributed by atoms with E-state index in [0.29, 0.717) is 11.1 Å². The second-order valence-corrected chi connectivity index (χ2v) is 5.51. The SMILES string of the molecule is CC(C)(C)OC(=O)c1cccc(C(C)(O)CO)c1. The number of hydrogen-bond acceptors (Lipinski definition) is 4. The number of aliphatic hydroxyl groups excluding tert-OH is 1. The first kappa shape index (κ1) is 14.7. The van der Waals surface area contributed by atoms with Crippen molar-refractivity contribution in [2.24, 2.45) is 0 Å². The number of benzene rings is 1. The van der Waals surface area contributed by atoms with Gasteiger partial charge in [0.2, 0.25) is 0 Å². The lowest BCUT2D eigenvalue weighted by molar-refractivity contribution is -0.00274. The van der Waals surface area contributed by atoms with Gasteiger partial charge in [0.05, 0.1) is 12.2 Å². The van der Waals surface area contributed by atoms with Crippen molar-refractivity contribution in [3.05, 3.63) is 35.4 Å². The normalized spacial score (nSPS) is 15.0. The Morgan fingerprint density at radius 3 is 2.39 bits per heavy atom. The van der Waals surface area contributed by atoms with Crippen molar-refractivity contribution < 1.29 is 19.7 Å². The zero-order valence-corrected chi connectivity index (χ0v) is 11.2. The molecule has 0 spiro atoms. The molecule has 4 heteroatoms. The third-order valence-corrected chi connectivity index (χ3v) is 2.43. The Hall–Kier alpha value is -1.39. The summed E-state index contributed by atoms with van der Waals surface area (Å²) in [5.41, 5.74) is -1.09. The van der Waals surface area contributed by atoms with E-state index >= 15 is 0 Å². The van der Waals surface area contributed by atoms with Gasteiger partial charge in [0.15, 0.2) is 0 Å². The molecule has 0 amide bonds. The van der Waals surface area contributed by atoms with Crippen molar-refractivity contribution in [1.29, 1.82) is 0 Å². The lowest BCUT2D eigenvalue weighted by Gasteiger charge is -2.22. The third-order valence-electron chi connectivity index (χ3n) is 2.43. The topological polar surface area (TPSA) is 66.8 Å². The predicted molar refractivity (Wildman–Crippen MR) is 68.3 cm³/mol. The maximum atomic E-state index is 11.9. The summed E-state index contributed by atoms with van der Waals surface area (Å²) in [5, 5.41) is 19.0. The van der Waals surface area contributed by atoms with Crippen molar-refractivity contribution in [2.45, 2.75) is 38.9 Å². The fourth-order valence-electron chi connectivity index (χ4n) is 1.41. The van der Waals surface area contributed by atoms with Crippen molar-refractivity contribution in [3.8, 4) is 0 Å². The van der Waals surface area contributed by atoms with E-state index in [-0.39, 0.29) is 0 Å². The molecular weight excluding hydrogens is 232 g/mol. The maximum absolute atomic E-state index is 11.9. The minimum absolute atomic E-state index is 0.358. The lowest BCUT2D eigenvalue weighted by Crippen LogP contribution is -2.27. The molecule has 1 aromatic rings. The summed E-state index contributed by atoms with van der Waals surface area (Å²) in [6.07, 6.45) is 0. The summed E-state index contributed by atoms with van der Waals surface area (Å²) in [7, 11) is 0. The van der Waals surface area contributed by atoms with Crippen LogP contribution in [0, 0.1) is 0 Å². The smallest absolute Gasteiger partial charge is 0.338 e. The van der Waals surface area contributed by atoms with E-state index in [2.05, 4.69) is 0 Å². The van der Waals surface area contributed by atoms with Gasteiger partial charge in [0.25, 0.3) is 0 Å². The summed E-state index contributed by atoms with van der Waals surface area (Å²) in [6.45, 7) is 6.45. The van der Waals surface area contributed by atoms with Crippen molar-refractivity contribution in [2.75, 3.05) is 6.61 Å². The van der Waals surface area contributed by atoms with Crippen molar-refractivity contribution >= 4 is 5.97 Å². The molecule has 0 aliphatic heterocycles. The molecule has 0 aromatic heterocycles. The van der Waals surface area contributed by atoms with Gasteiger partial charge in [-0.3, -0.25) is 0 Å². The molecule has 0 heterocycles. The molecule has 0 radical (unpaired) electrons. The predicted octanol–water partition coefficient (Wildman–Crippen LogP) is 1.84. The van der Waals surface area contributed by atoms with Gasteiger partial charge in [-0.05, 0) is 45.4 Å². The quantitative estimate of drug-likeness (QED) is 0.806. The standard InChI is InChI=1S/C14H20O4/c1-13(2,3)18-12(16)10-6-5-7-11(8-10)14(4,17)9-15/h5-8,15,17H,9H2,1-4H3. The molecule has 1 rings (SSSR count). The highest BCUT2D eigenvalue weighted by Crippen LogP contribution is 2.22. The number of carbonyl (C=O) groups excluding carboxylic acids is 1. The highest BCUT2D eigenvalue weighted by atomic mass is 16.6. The highest BCUT2D eigenvalue weighted by Gasteiger charge is 2.24. The fourth-order valence-corrected chi connectivity index (χ4v) is 1.41. The first-order valence-electron chi connectivity index (χ1n) is 5.83. The monoisotopic (exact) mass is 252 g/mol. The van der Waals surface area contributed by atoms with Gasteiger partial charge in [0, 0.05) is 0 Å². The summed E-state index contributed by atoms with van der Waals surface area (Å²) in [6, 6.07) is 6.46. The lowest BCUT2D eigenvalue weighted by atomic mass is 9.95. The van der Waals surface area contributed by atoms with E-state index in [1.54, 1.807) is 39.0 Å². The van der Waals surface area contributed by atoms with Crippen LogP contribution in [-0.2, 0) is 10.3 Å². The number of hydrogen-bond donors (Lipinski definition) is 2. The Morgan fingerprint density at radius 1 is 1.28 bits per heavy atom. The molecule has 1 atom stereocenters. The van der Waals surface area contributed by atoms with Crippen LogP contribution < -0.4 is 0 Å². The van der Waals surface area contributed by atoms with Crippen LogP contribution in [0.25, 0.3) is 0 Å². The number of aliphatic hydroxyl groups is 2. The van der Waals surface area contributed by atoms with Crippen LogP contribution in [0.5, 0.6) is 0 Å². The third kappa shape index (κ3) is 3.82. The molecule has 0 bridgehead atoms. The van der Waals surface area contributed by atoms with Gasteiger partial charge in [-0.25, -0.2) is 4.79 Å². The Kier molecular flexibility index (Phi) is 4.14. The van der Waals surface area contributed by atoms with Crippen molar-refractivity contribution in [3.63, 3.8) is 0 Å². The Balaban J connectivity index is 2.99. The molecule has 18 heavy (non-hydrogen) atoms. The van der Waals surface area contributed by atoms with Crippen molar-refractivity contribution in [1.82, 2.24) is 0 Å². The molecule has 4 nitrogen and oxygen atoms in total. The molecule has 0 saturated carbocycles. The zero-order chi connectivity index (χ0) is 14.0. The largest absolute Gasteiger partial charge is 0.456 e.